The Bertz CT molecular complexity index is 325. The first-order valence-corrected chi connectivity index (χ1v) is 4.85. The summed E-state index contributed by atoms with van der Waals surface area (Å²) < 4.78 is 0. The van der Waals surface area contributed by atoms with Crippen LogP contribution in [-0.2, 0) is 17.6 Å². The van der Waals surface area contributed by atoms with E-state index in [2.05, 4.69) is 11.9 Å². The van der Waals surface area contributed by atoms with E-state index in [0.29, 0.717) is 6.42 Å². The molecule has 2 nitrogen and oxygen atoms in total. The van der Waals surface area contributed by atoms with Crippen LogP contribution in [0.15, 0.2) is 30.5 Å². The topological polar surface area (TPSA) is 30.0 Å². The number of rotatable bonds is 4. The molecule has 0 saturated heterocycles. The van der Waals surface area contributed by atoms with Gasteiger partial charge in [-0.15, -0.1) is 0 Å². The van der Waals surface area contributed by atoms with E-state index >= 15 is 0 Å². The number of carbonyl (C=O) groups excluding carboxylic acids is 1. The maximum Gasteiger partial charge on any atom is 0.161 e. The Balaban J connectivity index is 2.64. The van der Waals surface area contributed by atoms with Gasteiger partial charge in [-0.05, 0) is 31.1 Å². The molecule has 1 aromatic heterocycles. The fraction of sp³-hybridized carbons (Fsp3) is 0.333. The van der Waals surface area contributed by atoms with Crippen LogP contribution >= 0.6 is 0 Å². The van der Waals surface area contributed by atoms with Gasteiger partial charge in [-0.25, -0.2) is 0 Å². The van der Waals surface area contributed by atoms with Crippen molar-refractivity contribution in [2.45, 2.75) is 26.7 Å². The van der Waals surface area contributed by atoms with Gasteiger partial charge in [-0.1, -0.05) is 19.1 Å². The van der Waals surface area contributed by atoms with E-state index in [0.717, 1.165) is 12.1 Å². The third-order valence-electron chi connectivity index (χ3n) is 2.00. The molecule has 1 rings (SSSR count). The Morgan fingerprint density at radius 2 is 2.29 bits per heavy atom. The number of ketones is 1. The van der Waals surface area contributed by atoms with Crippen LogP contribution in [0.25, 0.3) is 0 Å². The molecule has 0 aromatic carbocycles. The highest BCUT2D eigenvalue weighted by Gasteiger charge is 2.00. The zero-order valence-corrected chi connectivity index (χ0v) is 8.66. The molecule has 1 aromatic rings. The van der Waals surface area contributed by atoms with Gasteiger partial charge in [0, 0.05) is 11.9 Å². The molecule has 1 heterocycles. The fourth-order valence-corrected chi connectivity index (χ4v) is 1.19. The number of hydrogen-bond acceptors (Lipinski definition) is 2. The maximum absolute atomic E-state index is 11.2. The molecule has 0 saturated carbocycles. The average Bonchev–Trinajstić information content (AvgIpc) is 2.19. The van der Waals surface area contributed by atoms with Crippen LogP contribution in [0.2, 0.25) is 0 Å². The van der Waals surface area contributed by atoms with Gasteiger partial charge in [-0.3, -0.25) is 9.78 Å². The molecule has 0 atom stereocenters. The summed E-state index contributed by atoms with van der Waals surface area (Å²) >= 11 is 0. The molecule has 2 heteroatoms. The van der Waals surface area contributed by atoms with Crippen molar-refractivity contribution >= 4 is 5.78 Å². The lowest BCUT2D eigenvalue weighted by molar-refractivity contribution is -0.114. The van der Waals surface area contributed by atoms with Gasteiger partial charge in [0.1, 0.15) is 0 Å². The van der Waals surface area contributed by atoms with Crippen molar-refractivity contribution < 1.29 is 4.79 Å². The first kappa shape index (κ1) is 10.6. The second-order valence-corrected chi connectivity index (χ2v) is 3.15. The number of aryl methyl sites for hydroxylation is 1. The minimum absolute atomic E-state index is 0.101. The molecule has 0 aliphatic carbocycles. The van der Waals surface area contributed by atoms with Crippen LogP contribution in [0, 0.1) is 0 Å². The molecule has 0 unspecified atom stereocenters. The lowest BCUT2D eigenvalue weighted by Gasteiger charge is -1.98. The van der Waals surface area contributed by atoms with Crippen LogP contribution in [-0.4, -0.2) is 10.8 Å². The van der Waals surface area contributed by atoms with Gasteiger partial charge < -0.3 is 0 Å². The highest BCUT2D eigenvalue weighted by atomic mass is 16.1. The van der Waals surface area contributed by atoms with E-state index in [1.165, 1.54) is 5.56 Å². The monoisotopic (exact) mass is 189 g/mol. The number of hydrogen-bond donors (Lipinski definition) is 0. The Morgan fingerprint density at radius 3 is 2.79 bits per heavy atom. The van der Waals surface area contributed by atoms with Crippen molar-refractivity contribution in [2.75, 3.05) is 0 Å². The number of allylic oxidation sites excluding steroid dienone is 2. The molecular formula is C12H15NO. The third-order valence-corrected chi connectivity index (χ3v) is 2.00. The van der Waals surface area contributed by atoms with Crippen molar-refractivity contribution in [3.05, 3.63) is 41.7 Å². The minimum Gasteiger partial charge on any atom is -0.294 e. The molecule has 0 aliphatic heterocycles. The molecule has 0 aliphatic rings. The lowest BCUT2D eigenvalue weighted by Crippen LogP contribution is -2.00. The van der Waals surface area contributed by atoms with E-state index < -0.39 is 0 Å². The molecule has 0 amide bonds. The second-order valence-electron chi connectivity index (χ2n) is 3.15. The summed E-state index contributed by atoms with van der Waals surface area (Å²) in [4.78, 5) is 15.5. The average molecular weight is 189 g/mol. The van der Waals surface area contributed by atoms with Crippen LogP contribution in [0.5, 0.6) is 0 Å². The largest absolute Gasteiger partial charge is 0.294 e. The minimum atomic E-state index is 0.101. The Hall–Kier alpha value is -1.44. The lowest BCUT2D eigenvalue weighted by atomic mass is 10.1. The third kappa shape index (κ3) is 3.13. The van der Waals surface area contributed by atoms with Crippen molar-refractivity contribution in [2.24, 2.45) is 0 Å². The molecule has 14 heavy (non-hydrogen) atoms. The number of aromatic nitrogens is 1. The van der Waals surface area contributed by atoms with Gasteiger partial charge in [0.25, 0.3) is 0 Å². The van der Waals surface area contributed by atoms with E-state index in [4.69, 9.17) is 0 Å². The molecule has 74 valence electrons. The first-order valence-electron chi connectivity index (χ1n) is 4.85. The zero-order valence-electron chi connectivity index (χ0n) is 8.66. The summed E-state index contributed by atoms with van der Waals surface area (Å²) in [6.07, 6.45) is 6.54. The number of pyridine rings is 1. The van der Waals surface area contributed by atoms with Crippen molar-refractivity contribution in [3.63, 3.8) is 0 Å². The fourth-order valence-electron chi connectivity index (χ4n) is 1.19. The molecule has 0 N–H and O–H groups in total. The molecule has 0 radical (unpaired) electrons. The Morgan fingerprint density at radius 1 is 1.50 bits per heavy atom. The van der Waals surface area contributed by atoms with Crippen LogP contribution in [0.1, 0.15) is 25.1 Å². The van der Waals surface area contributed by atoms with Gasteiger partial charge in [0.2, 0.25) is 0 Å². The smallest absolute Gasteiger partial charge is 0.161 e. The Labute approximate surface area is 84.7 Å². The maximum atomic E-state index is 11.2. The highest BCUT2D eigenvalue weighted by molar-refractivity contribution is 5.90. The summed E-state index contributed by atoms with van der Waals surface area (Å²) in [7, 11) is 0. The zero-order chi connectivity index (χ0) is 10.4. The number of carbonyl (C=O) groups is 1. The van der Waals surface area contributed by atoms with Gasteiger partial charge in [-0.2, -0.15) is 0 Å². The highest BCUT2D eigenvalue weighted by Crippen LogP contribution is 2.02. The van der Waals surface area contributed by atoms with Crippen LogP contribution in [0.3, 0.4) is 0 Å². The summed E-state index contributed by atoms with van der Waals surface area (Å²) in [6.45, 7) is 3.92. The molecule has 0 spiro atoms. The van der Waals surface area contributed by atoms with Crippen molar-refractivity contribution in [3.8, 4) is 0 Å². The quantitative estimate of drug-likeness (QED) is 0.680. The summed E-state index contributed by atoms with van der Waals surface area (Å²) in [5.41, 5.74) is 2.04. The predicted octanol–water partition coefficient (Wildman–Crippen LogP) is 2.33. The van der Waals surface area contributed by atoms with E-state index in [1.807, 2.05) is 25.3 Å². The van der Waals surface area contributed by atoms with Gasteiger partial charge >= 0.3 is 0 Å². The first-order chi connectivity index (χ1) is 6.76. The summed E-state index contributed by atoms with van der Waals surface area (Å²) in [5, 5.41) is 0. The summed E-state index contributed by atoms with van der Waals surface area (Å²) in [5.74, 6) is 0.101. The predicted molar refractivity (Wildman–Crippen MR) is 57.1 cm³/mol. The SMILES string of the molecule is C/C=C/C(=O)Cc1ccc(CC)cn1. The van der Waals surface area contributed by atoms with Crippen LogP contribution in [0.4, 0.5) is 0 Å². The second kappa shape index (κ2) is 5.32. The van der Waals surface area contributed by atoms with Gasteiger partial charge in [0.05, 0.1) is 6.42 Å². The van der Waals surface area contributed by atoms with Crippen LogP contribution < -0.4 is 0 Å². The standard InChI is InChI=1S/C12H15NO/c1-3-5-12(14)8-11-7-6-10(4-2)9-13-11/h3,5-7,9H,4,8H2,1-2H3/b5-3+. The molecular weight excluding hydrogens is 174 g/mol. The Kier molecular flexibility index (Phi) is 4.05. The number of nitrogens with zero attached hydrogens (tertiary/aromatic N) is 1. The van der Waals surface area contributed by atoms with E-state index in [9.17, 15) is 4.79 Å². The van der Waals surface area contributed by atoms with Crippen molar-refractivity contribution in [1.82, 2.24) is 4.98 Å². The molecule has 0 bridgehead atoms. The van der Waals surface area contributed by atoms with E-state index in [-0.39, 0.29) is 5.78 Å². The normalized spacial score (nSPS) is 10.7. The molecule has 0 fully saturated rings. The summed E-state index contributed by atoms with van der Waals surface area (Å²) in [6, 6.07) is 3.94. The van der Waals surface area contributed by atoms with Gasteiger partial charge in [0.15, 0.2) is 5.78 Å². The van der Waals surface area contributed by atoms with E-state index in [1.54, 1.807) is 12.2 Å². The van der Waals surface area contributed by atoms with Crippen molar-refractivity contribution in [1.29, 1.82) is 0 Å².